The first-order chi connectivity index (χ1) is 9.54. The van der Waals surface area contributed by atoms with Gasteiger partial charge >= 0.3 is 5.63 Å². The molecule has 5 heteroatoms. The molecule has 1 N–H and O–H groups in total. The number of aromatic nitrogens is 1. The second kappa shape index (κ2) is 5.77. The van der Waals surface area contributed by atoms with Gasteiger partial charge in [-0.3, -0.25) is 4.79 Å². The summed E-state index contributed by atoms with van der Waals surface area (Å²) in [5.74, 6) is -0.396. The van der Waals surface area contributed by atoms with Crippen molar-refractivity contribution in [2.75, 3.05) is 0 Å². The first-order valence-corrected chi connectivity index (χ1v) is 6.61. The summed E-state index contributed by atoms with van der Waals surface area (Å²) < 4.78 is 6.37. The average Bonchev–Trinajstić information content (AvgIpc) is 2.74. The third-order valence-corrected chi connectivity index (χ3v) is 3.24. The van der Waals surface area contributed by atoms with Crippen molar-refractivity contribution >= 4 is 5.91 Å². The number of hydrogen-bond acceptors (Lipinski definition) is 3. The summed E-state index contributed by atoms with van der Waals surface area (Å²) in [6.45, 7) is 3.86. The van der Waals surface area contributed by atoms with Gasteiger partial charge in [-0.2, -0.15) is 0 Å². The van der Waals surface area contributed by atoms with Gasteiger partial charge in [-0.25, -0.2) is 9.53 Å². The van der Waals surface area contributed by atoms with E-state index in [1.54, 1.807) is 7.05 Å². The van der Waals surface area contributed by atoms with Gasteiger partial charge in [-0.05, 0) is 13.3 Å². The molecule has 1 unspecified atom stereocenters. The average molecular weight is 274 g/mol. The van der Waals surface area contributed by atoms with Crippen molar-refractivity contribution in [3.63, 3.8) is 0 Å². The van der Waals surface area contributed by atoms with E-state index in [4.69, 9.17) is 4.52 Å². The minimum atomic E-state index is -0.618. The van der Waals surface area contributed by atoms with Crippen LogP contribution >= 0.6 is 0 Å². The molecule has 1 aromatic carbocycles. The van der Waals surface area contributed by atoms with Gasteiger partial charge in [0, 0.05) is 18.7 Å². The Hall–Kier alpha value is -2.30. The van der Waals surface area contributed by atoms with Crippen LogP contribution in [0.5, 0.6) is 0 Å². The third kappa shape index (κ3) is 2.66. The van der Waals surface area contributed by atoms with Crippen LogP contribution in [-0.4, -0.2) is 16.7 Å². The van der Waals surface area contributed by atoms with Crippen LogP contribution in [-0.2, 0) is 7.05 Å². The largest absolute Gasteiger partial charge is 0.370 e. The molecule has 1 heterocycles. The minimum Gasteiger partial charge on any atom is -0.349 e. The molecule has 0 fully saturated rings. The molecular weight excluding hydrogens is 256 g/mol. The number of carbonyl (C=O) groups is 1. The maximum absolute atomic E-state index is 12.3. The van der Waals surface area contributed by atoms with Gasteiger partial charge in [-0.1, -0.05) is 37.3 Å². The highest BCUT2D eigenvalue weighted by molar-refractivity contribution is 5.99. The Balaban J connectivity index is 2.49. The van der Waals surface area contributed by atoms with Crippen LogP contribution in [0.25, 0.3) is 11.3 Å². The molecule has 0 bridgehead atoms. The van der Waals surface area contributed by atoms with E-state index < -0.39 is 11.5 Å². The van der Waals surface area contributed by atoms with Gasteiger partial charge in [0.25, 0.3) is 5.91 Å². The lowest BCUT2D eigenvalue weighted by molar-refractivity contribution is 0.0937. The van der Waals surface area contributed by atoms with Crippen LogP contribution in [0.2, 0.25) is 0 Å². The van der Waals surface area contributed by atoms with Crippen molar-refractivity contribution < 1.29 is 9.32 Å². The van der Waals surface area contributed by atoms with Crippen molar-refractivity contribution in [3.05, 3.63) is 46.3 Å². The highest BCUT2D eigenvalue weighted by Gasteiger charge is 2.24. The first kappa shape index (κ1) is 14.1. The van der Waals surface area contributed by atoms with E-state index in [9.17, 15) is 9.59 Å². The van der Waals surface area contributed by atoms with Gasteiger partial charge in [0.2, 0.25) is 0 Å². The predicted octanol–water partition coefficient (Wildman–Crippen LogP) is 2.17. The Bertz CT molecular complexity index is 656. The van der Waals surface area contributed by atoms with E-state index in [1.807, 2.05) is 44.2 Å². The third-order valence-electron chi connectivity index (χ3n) is 3.24. The molecule has 5 nitrogen and oxygen atoms in total. The Morgan fingerprint density at radius 2 is 2.00 bits per heavy atom. The fraction of sp³-hybridized carbons (Fsp3) is 0.333. The van der Waals surface area contributed by atoms with Crippen molar-refractivity contribution in [1.82, 2.24) is 10.1 Å². The maximum atomic E-state index is 12.3. The van der Waals surface area contributed by atoms with E-state index in [-0.39, 0.29) is 11.6 Å². The standard InChI is InChI=1S/C15H18N2O3/c1-4-10(2)16-14(18)12-13(17(3)20-15(12)19)11-8-6-5-7-9-11/h5-10H,4H2,1-3H3,(H,16,18). The van der Waals surface area contributed by atoms with Crippen LogP contribution < -0.4 is 10.9 Å². The number of nitrogens with zero attached hydrogens (tertiary/aromatic N) is 1. The molecule has 0 saturated carbocycles. The zero-order chi connectivity index (χ0) is 14.7. The summed E-state index contributed by atoms with van der Waals surface area (Å²) >= 11 is 0. The number of nitrogens with one attached hydrogen (secondary N) is 1. The topological polar surface area (TPSA) is 64.2 Å². The molecule has 20 heavy (non-hydrogen) atoms. The number of rotatable bonds is 4. The Labute approximate surface area is 117 Å². The summed E-state index contributed by atoms with van der Waals surface area (Å²) in [4.78, 5) is 24.2. The summed E-state index contributed by atoms with van der Waals surface area (Å²) in [6.07, 6.45) is 0.796. The lowest BCUT2D eigenvalue weighted by Gasteiger charge is -2.11. The molecule has 1 atom stereocenters. The molecule has 0 aliphatic carbocycles. The van der Waals surface area contributed by atoms with E-state index in [0.29, 0.717) is 5.69 Å². The predicted molar refractivity (Wildman–Crippen MR) is 76.6 cm³/mol. The smallest absolute Gasteiger partial charge is 0.349 e. The van der Waals surface area contributed by atoms with E-state index >= 15 is 0 Å². The van der Waals surface area contributed by atoms with Gasteiger partial charge in [-0.15, -0.1) is 0 Å². The van der Waals surface area contributed by atoms with Gasteiger partial charge < -0.3 is 9.84 Å². The first-order valence-electron chi connectivity index (χ1n) is 6.61. The second-order valence-electron chi connectivity index (χ2n) is 4.75. The lowest BCUT2D eigenvalue weighted by Crippen LogP contribution is -2.34. The second-order valence-corrected chi connectivity index (χ2v) is 4.75. The highest BCUT2D eigenvalue weighted by Crippen LogP contribution is 2.21. The fourth-order valence-corrected chi connectivity index (χ4v) is 1.99. The molecule has 1 aromatic heterocycles. The fourth-order valence-electron chi connectivity index (χ4n) is 1.99. The van der Waals surface area contributed by atoms with E-state index in [2.05, 4.69) is 5.32 Å². The number of hydrogen-bond donors (Lipinski definition) is 1. The molecule has 2 rings (SSSR count). The Kier molecular flexibility index (Phi) is 4.08. The van der Waals surface area contributed by atoms with Crippen LogP contribution in [0.3, 0.4) is 0 Å². The Morgan fingerprint density at radius 1 is 1.35 bits per heavy atom. The van der Waals surface area contributed by atoms with Gasteiger partial charge in [0.05, 0.1) is 0 Å². The van der Waals surface area contributed by atoms with Crippen molar-refractivity contribution in [2.45, 2.75) is 26.3 Å². The molecule has 0 saturated heterocycles. The van der Waals surface area contributed by atoms with Crippen LogP contribution in [0.15, 0.2) is 39.6 Å². The molecule has 106 valence electrons. The maximum Gasteiger partial charge on any atom is 0.370 e. The SMILES string of the molecule is CCC(C)NC(=O)c1c(-c2ccccc2)n(C)oc1=O. The van der Waals surface area contributed by atoms with Gasteiger partial charge in [0.1, 0.15) is 5.69 Å². The van der Waals surface area contributed by atoms with Gasteiger partial charge in [0.15, 0.2) is 5.56 Å². The number of carbonyl (C=O) groups excluding carboxylic acids is 1. The number of benzene rings is 1. The van der Waals surface area contributed by atoms with Crippen LogP contribution in [0.1, 0.15) is 30.6 Å². The zero-order valence-corrected chi connectivity index (χ0v) is 11.8. The zero-order valence-electron chi connectivity index (χ0n) is 11.8. The van der Waals surface area contributed by atoms with E-state index in [0.717, 1.165) is 12.0 Å². The lowest BCUT2D eigenvalue weighted by atomic mass is 10.1. The summed E-state index contributed by atoms with van der Waals surface area (Å²) in [5.41, 5.74) is 0.706. The van der Waals surface area contributed by atoms with Crippen LogP contribution in [0, 0.1) is 0 Å². The molecule has 1 amide bonds. The molecule has 0 aliphatic heterocycles. The van der Waals surface area contributed by atoms with Crippen LogP contribution in [0.4, 0.5) is 0 Å². The monoisotopic (exact) mass is 274 g/mol. The molecule has 0 aliphatic rings. The Morgan fingerprint density at radius 3 is 2.60 bits per heavy atom. The van der Waals surface area contributed by atoms with Crippen molar-refractivity contribution in [3.8, 4) is 11.3 Å². The molecule has 2 aromatic rings. The van der Waals surface area contributed by atoms with E-state index in [1.165, 1.54) is 4.74 Å². The molecule has 0 radical (unpaired) electrons. The minimum absolute atomic E-state index is 0.00531. The summed E-state index contributed by atoms with van der Waals surface area (Å²) in [7, 11) is 1.61. The molecular formula is C15H18N2O3. The normalized spacial score (nSPS) is 12.2. The number of aryl methyl sites for hydroxylation is 1. The quantitative estimate of drug-likeness (QED) is 0.929. The molecule has 0 spiro atoms. The summed E-state index contributed by atoms with van der Waals surface area (Å²) in [5, 5.41) is 2.80. The van der Waals surface area contributed by atoms with Crippen molar-refractivity contribution in [2.24, 2.45) is 7.05 Å². The van der Waals surface area contributed by atoms with Crippen molar-refractivity contribution in [1.29, 1.82) is 0 Å². The summed E-state index contributed by atoms with van der Waals surface area (Å²) in [6, 6.07) is 9.26. The number of amides is 1. The highest BCUT2D eigenvalue weighted by atomic mass is 16.5.